The molecule has 1 unspecified atom stereocenters. The highest BCUT2D eigenvalue weighted by Gasteiger charge is 2.18. The molecule has 0 spiro atoms. The molecule has 0 aliphatic carbocycles. The van der Waals surface area contributed by atoms with Crippen LogP contribution in [0.15, 0.2) is 53.7 Å². The number of nitrogens with zero attached hydrogens (tertiary/aromatic N) is 4. The average molecular weight is 440 g/mol. The van der Waals surface area contributed by atoms with E-state index in [1.807, 2.05) is 74.0 Å². The fourth-order valence-corrected chi connectivity index (χ4v) is 4.49. The summed E-state index contributed by atoms with van der Waals surface area (Å²) in [6.07, 6.45) is -0.267. The minimum absolute atomic E-state index is 0.132. The molecule has 7 nitrogen and oxygen atoms in total. The molecule has 154 valence electrons. The van der Waals surface area contributed by atoms with Crippen molar-refractivity contribution in [1.82, 2.24) is 19.7 Å². The van der Waals surface area contributed by atoms with Crippen LogP contribution in [0.5, 0.6) is 5.75 Å². The topological polar surface area (TPSA) is 81.9 Å². The molecule has 0 bridgehead atoms. The number of rotatable bonds is 7. The number of fused-ring (bicyclic) bond motifs is 1. The number of aromatic nitrogens is 4. The third-order valence-corrected chi connectivity index (χ3v) is 6.41. The molecule has 4 aromatic rings. The number of nitrogens with one attached hydrogen (secondary N) is 1. The Morgan fingerprint density at radius 3 is 2.73 bits per heavy atom. The Hall–Kier alpha value is -2.91. The first kappa shape index (κ1) is 20.4. The number of thioether (sulfide) groups is 1. The number of carbonyl (C=O) groups excluding carboxylic acids is 1. The van der Waals surface area contributed by atoms with Gasteiger partial charge in [0.15, 0.2) is 22.2 Å². The van der Waals surface area contributed by atoms with E-state index in [0.29, 0.717) is 16.1 Å². The van der Waals surface area contributed by atoms with Crippen molar-refractivity contribution in [1.29, 1.82) is 0 Å². The largest absolute Gasteiger partial charge is 0.483 e. The Balaban J connectivity index is 1.35. The summed E-state index contributed by atoms with van der Waals surface area (Å²) in [7, 11) is 1.87. The number of para-hydroxylation sites is 1. The Bertz CT molecular complexity index is 1140. The maximum atomic E-state index is 12.3. The van der Waals surface area contributed by atoms with Gasteiger partial charge in [-0.15, -0.1) is 10.2 Å². The molecule has 30 heavy (non-hydrogen) atoms. The van der Waals surface area contributed by atoms with Gasteiger partial charge in [-0.1, -0.05) is 52.9 Å². The van der Waals surface area contributed by atoms with Crippen LogP contribution in [-0.2, 0) is 11.8 Å². The van der Waals surface area contributed by atoms with E-state index in [1.54, 1.807) is 0 Å². The van der Waals surface area contributed by atoms with Gasteiger partial charge in [0, 0.05) is 7.05 Å². The van der Waals surface area contributed by atoms with Crippen LogP contribution in [0.3, 0.4) is 0 Å². The van der Waals surface area contributed by atoms with Crippen molar-refractivity contribution in [3.05, 3.63) is 59.9 Å². The molecule has 0 radical (unpaired) electrons. The molecular formula is C21H21N5O2S2. The molecular weight excluding hydrogens is 418 g/mol. The lowest BCUT2D eigenvalue weighted by molar-refractivity contribution is -0.113. The molecule has 1 atom stereocenters. The molecule has 9 heteroatoms. The maximum absolute atomic E-state index is 12.3. The van der Waals surface area contributed by atoms with E-state index in [0.717, 1.165) is 16.0 Å². The second kappa shape index (κ2) is 8.85. The van der Waals surface area contributed by atoms with Crippen molar-refractivity contribution in [3.8, 4) is 5.75 Å². The summed E-state index contributed by atoms with van der Waals surface area (Å²) in [5.41, 5.74) is 2.06. The third kappa shape index (κ3) is 4.63. The van der Waals surface area contributed by atoms with Crippen LogP contribution in [0.25, 0.3) is 10.2 Å². The number of anilines is 1. The number of ether oxygens (including phenoxy) is 1. The van der Waals surface area contributed by atoms with E-state index in [-0.39, 0.29) is 17.8 Å². The normalized spacial score (nSPS) is 12.1. The second-order valence-corrected chi connectivity index (χ2v) is 8.77. The number of aryl methyl sites for hydroxylation is 1. The van der Waals surface area contributed by atoms with Gasteiger partial charge < -0.3 is 14.6 Å². The van der Waals surface area contributed by atoms with E-state index >= 15 is 0 Å². The first-order valence-corrected chi connectivity index (χ1v) is 11.2. The van der Waals surface area contributed by atoms with Crippen molar-refractivity contribution < 1.29 is 9.53 Å². The number of amides is 1. The molecule has 1 amide bonds. The molecule has 2 aromatic heterocycles. The van der Waals surface area contributed by atoms with E-state index in [2.05, 4.69) is 20.5 Å². The van der Waals surface area contributed by atoms with Gasteiger partial charge in [0.05, 0.1) is 16.0 Å². The van der Waals surface area contributed by atoms with Crippen LogP contribution in [0, 0.1) is 6.92 Å². The van der Waals surface area contributed by atoms with E-state index < -0.39 is 0 Å². The summed E-state index contributed by atoms with van der Waals surface area (Å²) >= 11 is 2.78. The lowest BCUT2D eigenvalue weighted by atomic mass is 10.2. The fourth-order valence-electron chi connectivity index (χ4n) is 2.89. The quantitative estimate of drug-likeness (QED) is 0.424. The molecule has 0 saturated heterocycles. The summed E-state index contributed by atoms with van der Waals surface area (Å²) in [5, 5.41) is 12.6. The molecule has 0 fully saturated rings. The third-order valence-electron chi connectivity index (χ3n) is 4.44. The molecule has 2 aromatic carbocycles. The van der Waals surface area contributed by atoms with Gasteiger partial charge >= 0.3 is 0 Å². The molecule has 0 saturated carbocycles. The first-order valence-electron chi connectivity index (χ1n) is 9.40. The Labute approximate surface area is 182 Å². The lowest BCUT2D eigenvalue weighted by Gasteiger charge is -2.14. The van der Waals surface area contributed by atoms with E-state index in [1.165, 1.54) is 28.7 Å². The van der Waals surface area contributed by atoms with Gasteiger partial charge in [-0.3, -0.25) is 4.79 Å². The minimum Gasteiger partial charge on any atom is -0.483 e. The molecule has 1 N–H and O–H groups in total. The Kier molecular flexibility index (Phi) is 6.01. The SMILES string of the molecule is Cc1ccc(OC(C)c2nnc(SCC(=O)Nc3nc4ccccc4s3)n2C)cc1. The zero-order chi connectivity index (χ0) is 21.1. The van der Waals surface area contributed by atoms with Crippen LogP contribution >= 0.6 is 23.1 Å². The zero-order valence-electron chi connectivity index (χ0n) is 16.8. The van der Waals surface area contributed by atoms with E-state index in [9.17, 15) is 4.79 Å². The van der Waals surface area contributed by atoms with Crippen LogP contribution in [0.2, 0.25) is 0 Å². The zero-order valence-corrected chi connectivity index (χ0v) is 18.5. The predicted octanol–water partition coefficient (Wildman–Crippen LogP) is 4.60. The van der Waals surface area contributed by atoms with Gasteiger partial charge in [0.2, 0.25) is 5.91 Å². The summed E-state index contributed by atoms with van der Waals surface area (Å²) in [6, 6.07) is 15.7. The van der Waals surface area contributed by atoms with Crippen molar-refractivity contribution in [2.45, 2.75) is 25.1 Å². The van der Waals surface area contributed by atoms with Gasteiger partial charge in [0.1, 0.15) is 5.75 Å². The highest BCUT2D eigenvalue weighted by Crippen LogP contribution is 2.26. The van der Waals surface area contributed by atoms with Crippen molar-refractivity contribution in [2.75, 3.05) is 11.1 Å². The van der Waals surface area contributed by atoms with Gasteiger partial charge in [-0.25, -0.2) is 4.98 Å². The minimum atomic E-state index is -0.267. The molecule has 2 heterocycles. The molecule has 0 aliphatic rings. The standard InChI is InChI=1S/C21H21N5O2S2/c1-13-8-10-15(11-9-13)28-14(2)19-24-25-21(26(19)3)29-12-18(27)23-20-22-16-6-4-5-7-17(16)30-20/h4-11,14H,12H2,1-3H3,(H,22,23,27). The number of benzene rings is 2. The average Bonchev–Trinajstić information content (AvgIpc) is 3.30. The highest BCUT2D eigenvalue weighted by atomic mass is 32.2. The summed E-state index contributed by atoms with van der Waals surface area (Å²) in [6.45, 7) is 3.96. The molecule has 0 aliphatic heterocycles. The number of hydrogen-bond acceptors (Lipinski definition) is 7. The van der Waals surface area contributed by atoms with Crippen LogP contribution in [0.1, 0.15) is 24.4 Å². The van der Waals surface area contributed by atoms with Crippen molar-refractivity contribution >= 4 is 44.4 Å². The lowest BCUT2D eigenvalue weighted by Crippen LogP contribution is -2.14. The fraction of sp³-hybridized carbons (Fsp3) is 0.238. The summed E-state index contributed by atoms with van der Waals surface area (Å²) < 4.78 is 8.86. The summed E-state index contributed by atoms with van der Waals surface area (Å²) in [5.74, 6) is 1.56. The number of carbonyl (C=O) groups is 1. The van der Waals surface area contributed by atoms with E-state index in [4.69, 9.17) is 4.74 Å². The maximum Gasteiger partial charge on any atom is 0.236 e. The van der Waals surface area contributed by atoms with Crippen molar-refractivity contribution in [3.63, 3.8) is 0 Å². The number of thiazole rings is 1. The Morgan fingerprint density at radius 2 is 1.97 bits per heavy atom. The monoisotopic (exact) mass is 439 g/mol. The number of hydrogen-bond donors (Lipinski definition) is 1. The van der Waals surface area contributed by atoms with Crippen LogP contribution < -0.4 is 10.1 Å². The molecule has 4 rings (SSSR count). The first-order chi connectivity index (χ1) is 14.5. The predicted molar refractivity (Wildman–Crippen MR) is 120 cm³/mol. The highest BCUT2D eigenvalue weighted by molar-refractivity contribution is 7.99. The van der Waals surface area contributed by atoms with Crippen LogP contribution in [-0.4, -0.2) is 31.4 Å². The second-order valence-electron chi connectivity index (χ2n) is 6.80. The van der Waals surface area contributed by atoms with Gasteiger partial charge in [-0.2, -0.15) is 0 Å². The Morgan fingerprint density at radius 1 is 1.20 bits per heavy atom. The summed E-state index contributed by atoms with van der Waals surface area (Å²) in [4.78, 5) is 16.8. The van der Waals surface area contributed by atoms with Crippen molar-refractivity contribution in [2.24, 2.45) is 7.05 Å². The van der Waals surface area contributed by atoms with Gasteiger partial charge in [0.25, 0.3) is 0 Å². The smallest absolute Gasteiger partial charge is 0.236 e. The van der Waals surface area contributed by atoms with Gasteiger partial charge in [-0.05, 0) is 38.1 Å². The van der Waals surface area contributed by atoms with Crippen LogP contribution in [0.4, 0.5) is 5.13 Å².